The first-order valence-electron chi connectivity index (χ1n) is 6.98. The van der Waals surface area contributed by atoms with Gasteiger partial charge in [0.15, 0.2) is 0 Å². The molecule has 0 spiro atoms. The van der Waals surface area contributed by atoms with Crippen LogP contribution in [0.3, 0.4) is 0 Å². The van der Waals surface area contributed by atoms with Gasteiger partial charge in [-0.3, -0.25) is 0 Å². The summed E-state index contributed by atoms with van der Waals surface area (Å²) in [6.45, 7) is 14.5. The lowest BCUT2D eigenvalue weighted by atomic mass is 9.89. The van der Waals surface area contributed by atoms with Crippen molar-refractivity contribution in [2.24, 2.45) is 10.8 Å². The van der Waals surface area contributed by atoms with E-state index >= 15 is 0 Å². The van der Waals surface area contributed by atoms with Crippen molar-refractivity contribution in [1.82, 2.24) is 4.72 Å². The molecule has 0 aliphatic heterocycles. The van der Waals surface area contributed by atoms with Gasteiger partial charge < -0.3 is 0 Å². The standard InChI is InChI=1S/C15H31NO2S/c1-13(15(5,6)7)16-19(17,18)12-10-8-9-11-14(2,3)4/h8-9,13,16H,10-12H2,1-7H3/b9-8-/t13-/m1/s1. The number of allylic oxidation sites excluding steroid dienone is 2. The van der Waals surface area contributed by atoms with E-state index in [0.717, 1.165) is 6.42 Å². The molecule has 0 aliphatic rings. The van der Waals surface area contributed by atoms with Gasteiger partial charge in [-0.2, -0.15) is 0 Å². The number of hydrogen-bond donors (Lipinski definition) is 1. The highest BCUT2D eigenvalue weighted by Crippen LogP contribution is 2.20. The van der Waals surface area contributed by atoms with Crippen molar-refractivity contribution in [3.63, 3.8) is 0 Å². The highest BCUT2D eigenvalue weighted by Gasteiger charge is 2.24. The zero-order valence-electron chi connectivity index (χ0n) is 13.6. The maximum Gasteiger partial charge on any atom is 0.212 e. The molecule has 0 rings (SSSR count). The predicted octanol–water partition coefficient (Wildman–Crippen LogP) is 3.72. The molecule has 0 aliphatic carbocycles. The second-order valence-corrected chi connectivity index (χ2v) is 9.42. The van der Waals surface area contributed by atoms with E-state index < -0.39 is 10.0 Å². The first-order chi connectivity index (χ1) is 8.33. The van der Waals surface area contributed by atoms with E-state index in [1.807, 2.05) is 33.8 Å². The maximum absolute atomic E-state index is 11.9. The van der Waals surface area contributed by atoms with Crippen LogP contribution in [-0.4, -0.2) is 20.2 Å². The molecule has 1 atom stereocenters. The highest BCUT2D eigenvalue weighted by molar-refractivity contribution is 7.89. The number of sulfonamides is 1. The number of hydrogen-bond acceptors (Lipinski definition) is 2. The molecule has 0 amide bonds. The van der Waals surface area contributed by atoms with Crippen LogP contribution in [0.15, 0.2) is 12.2 Å². The SMILES string of the molecule is C[C@@H](NS(=O)(=O)CC/C=C\CC(C)(C)C)C(C)(C)C. The van der Waals surface area contributed by atoms with Crippen molar-refractivity contribution >= 4 is 10.0 Å². The summed E-state index contributed by atoms with van der Waals surface area (Å²) in [5.41, 5.74) is 0.198. The minimum atomic E-state index is -3.18. The summed E-state index contributed by atoms with van der Waals surface area (Å²) >= 11 is 0. The molecule has 0 saturated carbocycles. The molecule has 0 unspecified atom stereocenters. The van der Waals surface area contributed by atoms with Gasteiger partial charge in [-0.05, 0) is 30.6 Å². The molecule has 4 heteroatoms. The molecule has 0 fully saturated rings. The van der Waals surface area contributed by atoms with Crippen molar-refractivity contribution in [3.05, 3.63) is 12.2 Å². The monoisotopic (exact) mass is 289 g/mol. The Hall–Kier alpha value is -0.350. The van der Waals surface area contributed by atoms with Crippen molar-refractivity contribution in [1.29, 1.82) is 0 Å². The van der Waals surface area contributed by atoms with Crippen molar-refractivity contribution in [3.8, 4) is 0 Å². The Morgan fingerprint density at radius 3 is 2.00 bits per heavy atom. The van der Waals surface area contributed by atoms with E-state index in [9.17, 15) is 8.42 Å². The van der Waals surface area contributed by atoms with Crippen molar-refractivity contribution in [2.75, 3.05) is 5.75 Å². The highest BCUT2D eigenvalue weighted by atomic mass is 32.2. The summed E-state index contributed by atoms with van der Waals surface area (Å²) in [7, 11) is -3.18. The van der Waals surface area contributed by atoms with Crippen LogP contribution in [0.2, 0.25) is 0 Å². The Morgan fingerprint density at radius 2 is 1.58 bits per heavy atom. The number of rotatable bonds is 6. The molecular weight excluding hydrogens is 258 g/mol. The average molecular weight is 289 g/mol. The minimum Gasteiger partial charge on any atom is -0.212 e. The van der Waals surface area contributed by atoms with Gasteiger partial charge in [-0.25, -0.2) is 13.1 Å². The normalized spacial score (nSPS) is 15.9. The summed E-state index contributed by atoms with van der Waals surface area (Å²) in [6.07, 6.45) is 5.58. The zero-order chi connectivity index (χ0) is 15.3. The van der Waals surface area contributed by atoms with Gasteiger partial charge in [-0.1, -0.05) is 53.7 Å². The minimum absolute atomic E-state index is 0.0592. The average Bonchev–Trinajstić information content (AvgIpc) is 2.12. The summed E-state index contributed by atoms with van der Waals surface area (Å²) in [5, 5.41) is 0. The number of nitrogens with one attached hydrogen (secondary N) is 1. The first-order valence-corrected chi connectivity index (χ1v) is 8.64. The Bertz CT molecular complexity index is 383. The molecule has 0 aromatic rings. The molecule has 0 saturated heterocycles. The van der Waals surface area contributed by atoms with E-state index in [2.05, 4.69) is 31.6 Å². The van der Waals surface area contributed by atoms with Gasteiger partial charge in [0.25, 0.3) is 0 Å². The lowest BCUT2D eigenvalue weighted by Crippen LogP contribution is -2.42. The Kier molecular flexibility index (Phi) is 6.76. The lowest BCUT2D eigenvalue weighted by Gasteiger charge is -2.27. The third-order valence-electron chi connectivity index (χ3n) is 3.11. The third kappa shape index (κ3) is 10.1. The van der Waals surface area contributed by atoms with E-state index in [1.54, 1.807) is 0 Å². The molecule has 19 heavy (non-hydrogen) atoms. The Balaban J connectivity index is 4.20. The maximum atomic E-state index is 11.9. The molecule has 3 nitrogen and oxygen atoms in total. The Morgan fingerprint density at radius 1 is 1.05 bits per heavy atom. The van der Waals surface area contributed by atoms with Gasteiger partial charge >= 0.3 is 0 Å². The van der Waals surface area contributed by atoms with Crippen LogP contribution in [-0.2, 0) is 10.0 Å². The summed E-state index contributed by atoms with van der Waals surface area (Å²) < 4.78 is 26.5. The fraction of sp³-hybridized carbons (Fsp3) is 0.867. The largest absolute Gasteiger partial charge is 0.212 e. The Labute approximate surface area is 119 Å². The van der Waals surface area contributed by atoms with Crippen molar-refractivity contribution in [2.45, 2.75) is 67.3 Å². The van der Waals surface area contributed by atoms with Gasteiger partial charge in [0.1, 0.15) is 0 Å². The molecule has 0 aromatic carbocycles. The predicted molar refractivity (Wildman–Crippen MR) is 83.7 cm³/mol. The van der Waals surface area contributed by atoms with Crippen LogP contribution in [0.5, 0.6) is 0 Å². The van der Waals surface area contributed by atoms with Crippen LogP contribution in [0.1, 0.15) is 61.3 Å². The molecule has 0 radical (unpaired) electrons. The smallest absolute Gasteiger partial charge is 0.212 e. The van der Waals surface area contributed by atoms with Gasteiger partial charge in [0, 0.05) is 6.04 Å². The first kappa shape index (κ1) is 18.7. The zero-order valence-corrected chi connectivity index (χ0v) is 14.4. The quantitative estimate of drug-likeness (QED) is 0.757. The lowest BCUT2D eigenvalue weighted by molar-refractivity contribution is 0.317. The summed E-state index contributed by atoms with van der Waals surface area (Å²) in [5.74, 6) is 0.161. The topological polar surface area (TPSA) is 46.2 Å². The van der Waals surface area contributed by atoms with Crippen LogP contribution in [0, 0.1) is 10.8 Å². The summed E-state index contributed by atoms with van der Waals surface area (Å²) in [6, 6.07) is -0.0592. The van der Waals surface area contributed by atoms with Crippen molar-refractivity contribution < 1.29 is 8.42 Å². The van der Waals surface area contributed by atoms with Crippen LogP contribution in [0.25, 0.3) is 0 Å². The molecule has 114 valence electrons. The van der Waals surface area contributed by atoms with Crippen LogP contribution < -0.4 is 4.72 Å². The fourth-order valence-electron chi connectivity index (χ4n) is 1.28. The van der Waals surface area contributed by atoms with Crippen LogP contribution in [0.4, 0.5) is 0 Å². The van der Waals surface area contributed by atoms with E-state index in [1.165, 1.54) is 0 Å². The fourth-order valence-corrected chi connectivity index (χ4v) is 2.74. The molecular formula is C15H31NO2S. The third-order valence-corrected chi connectivity index (χ3v) is 4.59. The second kappa shape index (κ2) is 6.89. The van der Waals surface area contributed by atoms with Gasteiger partial charge in [-0.15, -0.1) is 0 Å². The van der Waals surface area contributed by atoms with Gasteiger partial charge in [0.2, 0.25) is 10.0 Å². The second-order valence-electron chi connectivity index (χ2n) is 7.55. The van der Waals surface area contributed by atoms with Gasteiger partial charge in [0.05, 0.1) is 5.75 Å². The summed E-state index contributed by atoms with van der Waals surface area (Å²) in [4.78, 5) is 0. The van der Waals surface area contributed by atoms with Crippen LogP contribution >= 0.6 is 0 Å². The molecule has 0 bridgehead atoms. The molecule has 1 N–H and O–H groups in total. The van der Waals surface area contributed by atoms with E-state index in [0.29, 0.717) is 6.42 Å². The molecule has 0 heterocycles. The van der Waals surface area contributed by atoms with E-state index in [4.69, 9.17) is 0 Å². The van der Waals surface area contributed by atoms with E-state index in [-0.39, 0.29) is 22.6 Å². The molecule has 0 aromatic heterocycles.